The maximum absolute atomic E-state index is 12.2. The van der Waals surface area contributed by atoms with Crippen LogP contribution in [0.25, 0.3) is 0 Å². The van der Waals surface area contributed by atoms with Crippen LogP contribution in [-0.2, 0) is 9.59 Å². The van der Waals surface area contributed by atoms with Gasteiger partial charge in [-0.15, -0.1) is 0 Å². The third-order valence-electron chi connectivity index (χ3n) is 3.66. The van der Waals surface area contributed by atoms with Crippen molar-refractivity contribution in [2.24, 2.45) is 0 Å². The number of ether oxygens (including phenoxy) is 1. The van der Waals surface area contributed by atoms with E-state index in [1.807, 2.05) is 0 Å². The van der Waals surface area contributed by atoms with Gasteiger partial charge in [-0.05, 0) is 38.5 Å². The van der Waals surface area contributed by atoms with Crippen molar-refractivity contribution < 1.29 is 27.9 Å². The molecular formula is C16H18ClF2N3O4. The topological polar surface area (TPSA) is 87.7 Å². The van der Waals surface area contributed by atoms with Crippen LogP contribution in [0, 0.1) is 0 Å². The number of hydrogen-bond donors (Lipinski definition) is 2. The number of rotatable bonds is 7. The second-order valence-corrected chi connectivity index (χ2v) is 6.59. The number of hydrogen-bond acceptors (Lipinski definition) is 4. The molecule has 1 aromatic carbocycles. The molecule has 2 rings (SSSR count). The van der Waals surface area contributed by atoms with Crippen LogP contribution < -0.4 is 15.4 Å². The van der Waals surface area contributed by atoms with Gasteiger partial charge in [0, 0.05) is 18.7 Å². The molecule has 1 heterocycles. The average molecular weight is 390 g/mol. The number of urea groups is 1. The summed E-state index contributed by atoms with van der Waals surface area (Å²) in [6, 6.07) is 3.40. The van der Waals surface area contributed by atoms with Crippen LogP contribution in [0.3, 0.4) is 0 Å². The van der Waals surface area contributed by atoms with Gasteiger partial charge in [-0.2, -0.15) is 8.78 Å². The van der Waals surface area contributed by atoms with E-state index in [1.165, 1.54) is 18.2 Å². The molecule has 0 saturated carbocycles. The number of alkyl halides is 2. The summed E-state index contributed by atoms with van der Waals surface area (Å²) in [4.78, 5) is 36.7. The molecule has 0 bridgehead atoms. The Labute approximate surface area is 153 Å². The van der Waals surface area contributed by atoms with Gasteiger partial charge in [-0.3, -0.25) is 14.5 Å². The first-order chi connectivity index (χ1) is 12.1. The van der Waals surface area contributed by atoms with E-state index in [-0.39, 0.29) is 42.0 Å². The molecule has 0 unspecified atom stereocenters. The number of benzene rings is 1. The minimum absolute atomic E-state index is 0.0599. The number of halogens is 3. The van der Waals surface area contributed by atoms with Gasteiger partial charge < -0.3 is 15.4 Å². The second kappa shape index (κ2) is 7.86. The highest BCUT2D eigenvalue weighted by Crippen LogP contribution is 2.29. The van der Waals surface area contributed by atoms with Crippen molar-refractivity contribution in [2.75, 3.05) is 11.9 Å². The normalized spacial score (nSPS) is 16.0. The first kappa shape index (κ1) is 19.9. The Morgan fingerprint density at radius 1 is 1.38 bits per heavy atom. The third-order valence-corrected chi connectivity index (χ3v) is 3.96. The number of nitrogens with one attached hydrogen (secondary N) is 2. The number of carbonyl (C=O) groups is 3. The quantitative estimate of drug-likeness (QED) is 0.702. The van der Waals surface area contributed by atoms with Crippen molar-refractivity contribution in [3.63, 3.8) is 0 Å². The SMILES string of the molecule is CC1(C)NC(=O)N(CCCC(=O)Nc2ccc(OC(F)F)c(Cl)c2)C1=O. The van der Waals surface area contributed by atoms with E-state index in [0.717, 1.165) is 4.90 Å². The van der Waals surface area contributed by atoms with E-state index in [2.05, 4.69) is 15.4 Å². The summed E-state index contributed by atoms with van der Waals surface area (Å²) in [7, 11) is 0. The molecule has 10 heteroatoms. The molecular weight excluding hydrogens is 372 g/mol. The highest BCUT2D eigenvalue weighted by atomic mass is 35.5. The van der Waals surface area contributed by atoms with Crippen molar-refractivity contribution in [2.45, 2.75) is 38.8 Å². The molecule has 0 spiro atoms. The fourth-order valence-corrected chi connectivity index (χ4v) is 2.64. The number of imide groups is 1. The van der Waals surface area contributed by atoms with Crippen molar-refractivity contribution in [3.05, 3.63) is 23.2 Å². The average Bonchev–Trinajstić information content (AvgIpc) is 2.71. The summed E-state index contributed by atoms with van der Waals surface area (Å²) in [5.74, 6) is -0.903. The molecule has 7 nitrogen and oxygen atoms in total. The maximum Gasteiger partial charge on any atom is 0.387 e. The molecule has 1 aliphatic heterocycles. The highest BCUT2D eigenvalue weighted by molar-refractivity contribution is 6.32. The zero-order valence-corrected chi connectivity index (χ0v) is 14.9. The third kappa shape index (κ3) is 4.81. The van der Waals surface area contributed by atoms with Gasteiger partial charge in [-0.25, -0.2) is 4.79 Å². The van der Waals surface area contributed by atoms with Gasteiger partial charge in [-0.1, -0.05) is 11.6 Å². The van der Waals surface area contributed by atoms with Gasteiger partial charge in [0.1, 0.15) is 11.3 Å². The molecule has 2 N–H and O–H groups in total. The Morgan fingerprint density at radius 3 is 2.62 bits per heavy atom. The van der Waals surface area contributed by atoms with Crippen LogP contribution in [0.4, 0.5) is 19.3 Å². The summed E-state index contributed by atoms with van der Waals surface area (Å²) >= 11 is 5.81. The Kier molecular flexibility index (Phi) is 6.01. The summed E-state index contributed by atoms with van der Waals surface area (Å²) < 4.78 is 28.6. The maximum atomic E-state index is 12.2. The van der Waals surface area contributed by atoms with Crippen molar-refractivity contribution in [3.8, 4) is 5.75 Å². The van der Waals surface area contributed by atoms with Crippen LogP contribution in [0.2, 0.25) is 5.02 Å². The fourth-order valence-electron chi connectivity index (χ4n) is 2.41. The largest absolute Gasteiger partial charge is 0.433 e. The smallest absolute Gasteiger partial charge is 0.387 e. The van der Waals surface area contributed by atoms with Crippen LogP contribution in [0.1, 0.15) is 26.7 Å². The van der Waals surface area contributed by atoms with E-state index in [0.29, 0.717) is 5.69 Å². The predicted molar refractivity (Wildman–Crippen MR) is 90.3 cm³/mol. The predicted octanol–water partition coefficient (Wildman–Crippen LogP) is 2.99. The van der Waals surface area contributed by atoms with Crippen molar-refractivity contribution >= 4 is 35.1 Å². The summed E-state index contributed by atoms with van der Waals surface area (Å²) in [6.07, 6.45) is 0.339. The standard InChI is InChI=1S/C16H18ClF2N3O4/c1-16(2)13(24)22(15(25)21-16)7-3-4-12(23)20-9-5-6-11(10(17)8-9)26-14(18)19/h5-6,8,14H,3-4,7H2,1-2H3,(H,20,23)(H,21,25). The Hall–Kier alpha value is -2.42. The molecule has 4 amide bonds. The molecule has 0 radical (unpaired) electrons. The molecule has 1 saturated heterocycles. The molecule has 1 aromatic rings. The fraction of sp³-hybridized carbons (Fsp3) is 0.438. The van der Waals surface area contributed by atoms with Gasteiger partial charge in [0.25, 0.3) is 5.91 Å². The molecule has 1 fully saturated rings. The minimum Gasteiger partial charge on any atom is -0.433 e. The summed E-state index contributed by atoms with van der Waals surface area (Å²) in [5.41, 5.74) is -0.629. The van der Waals surface area contributed by atoms with Crippen molar-refractivity contribution in [1.82, 2.24) is 10.2 Å². The number of nitrogens with zero attached hydrogens (tertiary/aromatic N) is 1. The first-order valence-corrected chi connectivity index (χ1v) is 8.16. The van der Waals surface area contributed by atoms with Gasteiger partial charge in [0.15, 0.2) is 0 Å². The molecule has 0 aromatic heterocycles. The van der Waals surface area contributed by atoms with E-state index < -0.39 is 18.2 Å². The Bertz CT molecular complexity index is 727. The zero-order chi connectivity index (χ0) is 19.5. The molecule has 1 aliphatic rings. The Morgan fingerprint density at radius 2 is 2.08 bits per heavy atom. The Balaban J connectivity index is 1.83. The van der Waals surface area contributed by atoms with Crippen molar-refractivity contribution in [1.29, 1.82) is 0 Å². The first-order valence-electron chi connectivity index (χ1n) is 7.78. The molecule has 0 aliphatic carbocycles. The highest BCUT2D eigenvalue weighted by Gasteiger charge is 2.43. The summed E-state index contributed by atoms with van der Waals surface area (Å²) in [5, 5.41) is 5.04. The number of amides is 4. The number of anilines is 1. The van der Waals surface area contributed by atoms with Gasteiger partial charge >= 0.3 is 12.6 Å². The van der Waals surface area contributed by atoms with Gasteiger partial charge in [0.05, 0.1) is 5.02 Å². The molecule has 0 atom stereocenters. The lowest BCUT2D eigenvalue weighted by molar-refractivity contribution is -0.130. The monoisotopic (exact) mass is 389 g/mol. The van der Waals surface area contributed by atoms with Crippen LogP contribution in [0.5, 0.6) is 5.75 Å². The van der Waals surface area contributed by atoms with E-state index in [1.54, 1.807) is 13.8 Å². The van der Waals surface area contributed by atoms with Gasteiger partial charge in [0.2, 0.25) is 5.91 Å². The number of carbonyl (C=O) groups excluding carboxylic acids is 3. The molecule has 142 valence electrons. The van der Waals surface area contributed by atoms with E-state index >= 15 is 0 Å². The second-order valence-electron chi connectivity index (χ2n) is 6.19. The minimum atomic E-state index is -3.00. The van der Waals surface area contributed by atoms with Crippen LogP contribution in [0.15, 0.2) is 18.2 Å². The summed E-state index contributed by atoms with van der Waals surface area (Å²) in [6.45, 7) is 0.322. The van der Waals surface area contributed by atoms with Crippen LogP contribution >= 0.6 is 11.6 Å². The lowest BCUT2D eigenvalue weighted by Crippen LogP contribution is -2.40. The lowest BCUT2D eigenvalue weighted by Gasteiger charge is -2.15. The van der Waals surface area contributed by atoms with Crippen LogP contribution in [-0.4, -0.2) is 41.4 Å². The van der Waals surface area contributed by atoms with E-state index in [9.17, 15) is 23.2 Å². The lowest BCUT2D eigenvalue weighted by atomic mass is 10.1. The zero-order valence-electron chi connectivity index (χ0n) is 14.1. The van der Waals surface area contributed by atoms with E-state index in [4.69, 9.17) is 11.6 Å². The molecule has 26 heavy (non-hydrogen) atoms.